The summed E-state index contributed by atoms with van der Waals surface area (Å²) in [5.41, 5.74) is 6.77. The third-order valence-electron chi connectivity index (χ3n) is 2.94. The zero-order valence-electron chi connectivity index (χ0n) is 10.6. The van der Waals surface area contributed by atoms with Crippen LogP contribution in [0.2, 0.25) is 0 Å². The van der Waals surface area contributed by atoms with Crippen molar-refractivity contribution in [2.45, 2.75) is 44.9 Å². The molecule has 0 atom stereocenters. The molecule has 0 amide bonds. The van der Waals surface area contributed by atoms with E-state index in [2.05, 4.69) is 5.32 Å². The number of benzene rings is 1. The van der Waals surface area contributed by atoms with E-state index in [0.29, 0.717) is 24.2 Å². The van der Waals surface area contributed by atoms with E-state index in [-0.39, 0.29) is 24.0 Å². The van der Waals surface area contributed by atoms with Crippen LogP contribution in [0.5, 0.6) is 5.75 Å². The molecular weight excluding hydrogens is 235 g/mol. The molecule has 0 heterocycles. The van der Waals surface area contributed by atoms with Crippen LogP contribution in [0.3, 0.4) is 0 Å². The zero-order chi connectivity index (χ0) is 13.3. The van der Waals surface area contributed by atoms with Crippen molar-refractivity contribution in [1.29, 1.82) is 0 Å². The van der Waals surface area contributed by atoms with Crippen LogP contribution >= 0.6 is 0 Å². The van der Waals surface area contributed by atoms with Gasteiger partial charge >= 0.3 is 0 Å². The van der Waals surface area contributed by atoms with Gasteiger partial charge in [0.25, 0.3) is 0 Å². The summed E-state index contributed by atoms with van der Waals surface area (Å²) in [6, 6.07) is 3.03. The zero-order valence-corrected chi connectivity index (χ0v) is 10.6. The van der Waals surface area contributed by atoms with Gasteiger partial charge in [-0.05, 0) is 26.7 Å². The third kappa shape index (κ3) is 2.85. The highest BCUT2D eigenvalue weighted by atomic mass is 19.1. The van der Waals surface area contributed by atoms with Crippen molar-refractivity contribution in [3.05, 3.63) is 17.9 Å². The predicted octanol–water partition coefficient (Wildman–Crippen LogP) is 2.13. The number of hydrogen-bond acceptors (Lipinski definition) is 4. The van der Waals surface area contributed by atoms with Gasteiger partial charge in [-0.15, -0.1) is 0 Å². The van der Waals surface area contributed by atoms with Crippen LogP contribution in [0.4, 0.5) is 15.8 Å². The Labute approximate surface area is 106 Å². The van der Waals surface area contributed by atoms with Crippen molar-refractivity contribution in [3.63, 3.8) is 0 Å². The molecule has 1 aliphatic carbocycles. The summed E-state index contributed by atoms with van der Waals surface area (Å²) < 4.78 is 19.0. The van der Waals surface area contributed by atoms with E-state index in [1.165, 1.54) is 6.07 Å². The van der Waals surface area contributed by atoms with Gasteiger partial charge < -0.3 is 20.9 Å². The molecule has 0 spiro atoms. The van der Waals surface area contributed by atoms with Gasteiger partial charge in [-0.25, -0.2) is 4.39 Å². The van der Waals surface area contributed by atoms with Gasteiger partial charge in [0.05, 0.1) is 23.6 Å². The first kappa shape index (κ1) is 13.0. The average Bonchev–Trinajstić information content (AvgIpc) is 2.21. The molecular formula is C13H19FN2O2. The first-order valence-electron chi connectivity index (χ1n) is 6.16. The van der Waals surface area contributed by atoms with Crippen molar-refractivity contribution < 1.29 is 14.2 Å². The summed E-state index contributed by atoms with van der Waals surface area (Å²) in [6.45, 7) is 3.68. The summed E-state index contributed by atoms with van der Waals surface area (Å²) in [7, 11) is 0. The van der Waals surface area contributed by atoms with Gasteiger partial charge in [-0.1, -0.05) is 0 Å². The highest BCUT2D eigenvalue weighted by molar-refractivity contribution is 5.69. The Morgan fingerprint density at radius 2 is 2.11 bits per heavy atom. The predicted molar refractivity (Wildman–Crippen MR) is 69.2 cm³/mol. The van der Waals surface area contributed by atoms with Crippen LogP contribution in [0.1, 0.15) is 26.7 Å². The van der Waals surface area contributed by atoms with E-state index >= 15 is 0 Å². The van der Waals surface area contributed by atoms with Crippen LogP contribution in [-0.4, -0.2) is 23.4 Å². The minimum Gasteiger partial charge on any atom is -0.488 e. The van der Waals surface area contributed by atoms with E-state index in [0.717, 1.165) is 0 Å². The molecule has 1 saturated carbocycles. The normalized spacial score (nSPS) is 22.7. The molecule has 0 radical (unpaired) electrons. The van der Waals surface area contributed by atoms with Crippen LogP contribution in [0, 0.1) is 5.82 Å². The van der Waals surface area contributed by atoms with Gasteiger partial charge in [0.2, 0.25) is 0 Å². The van der Waals surface area contributed by atoms with Gasteiger partial charge in [0.15, 0.2) is 11.6 Å². The standard InChI is InChI=1S/C13H19FN2O2/c1-7(2)18-13-6-12(11(15)5-10(13)14)16-8-3-9(17)4-8/h5-9,16-17H,3-4,15H2,1-2H3. The van der Waals surface area contributed by atoms with Crippen LogP contribution in [0.25, 0.3) is 0 Å². The molecule has 4 N–H and O–H groups in total. The van der Waals surface area contributed by atoms with Gasteiger partial charge in [-0.2, -0.15) is 0 Å². The first-order chi connectivity index (χ1) is 8.45. The quantitative estimate of drug-likeness (QED) is 0.720. The second-order valence-corrected chi connectivity index (χ2v) is 5.00. The number of nitrogen functional groups attached to an aromatic ring is 1. The molecule has 1 aromatic carbocycles. The lowest BCUT2D eigenvalue weighted by Crippen LogP contribution is -2.39. The Kier molecular flexibility index (Phi) is 3.61. The second-order valence-electron chi connectivity index (χ2n) is 5.00. The number of hydrogen-bond donors (Lipinski definition) is 3. The minimum atomic E-state index is -0.458. The number of halogens is 1. The summed E-state index contributed by atoms with van der Waals surface area (Å²) >= 11 is 0. The lowest BCUT2D eigenvalue weighted by atomic mass is 9.89. The van der Waals surface area contributed by atoms with E-state index < -0.39 is 5.82 Å². The lowest BCUT2D eigenvalue weighted by Gasteiger charge is -2.33. The van der Waals surface area contributed by atoms with Gasteiger partial charge in [-0.3, -0.25) is 0 Å². The van der Waals surface area contributed by atoms with Gasteiger partial charge in [0.1, 0.15) is 0 Å². The summed E-state index contributed by atoms with van der Waals surface area (Å²) in [5, 5.41) is 12.4. The maximum atomic E-state index is 13.6. The SMILES string of the molecule is CC(C)Oc1cc(NC2CC(O)C2)c(N)cc1F. The number of anilines is 2. The number of ether oxygens (including phenoxy) is 1. The average molecular weight is 254 g/mol. The Morgan fingerprint density at radius 3 is 2.67 bits per heavy atom. The topological polar surface area (TPSA) is 67.5 Å². The van der Waals surface area contributed by atoms with E-state index in [4.69, 9.17) is 10.5 Å². The maximum Gasteiger partial charge on any atom is 0.167 e. The highest BCUT2D eigenvalue weighted by Crippen LogP contribution is 2.32. The number of aliphatic hydroxyl groups is 1. The summed E-state index contributed by atoms with van der Waals surface area (Å²) in [4.78, 5) is 0. The monoisotopic (exact) mass is 254 g/mol. The Balaban J connectivity index is 2.13. The number of nitrogens with one attached hydrogen (secondary N) is 1. The number of nitrogens with two attached hydrogens (primary N) is 1. The molecule has 18 heavy (non-hydrogen) atoms. The van der Waals surface area contributed by atoms with Gasteiger partial charge in [0, 0.05) is 18.2 Å². The fourth-order valence-electron chi connectivity index (χ4n) is 1.96. The van der Waals surface area contributed by atoms with Crippen LogP contribution < -0.4 is 15.8 Å². The lowest BCUT2D eigenvalue weighted by molar-refractivity contribution is 0.0836. The largest absolute Gasteiger partial charge is 0.488 e. The maximum absolute atomic E-state index is 13.6. The molecule has 1 aromatic rings. The molecule has 1 fully saturated rings. The summed E-state index contributed by atoms with van der Waals surface area (Å²) in [5.74, 6) is -0.262. The van der Waals surface area contributed by atoms with Crippen molar-refractivity contribution in [1.82, 2.24) is 0 Å². The Morgan fingerprint density at radius 1 is 1.44 bits per heavy atom. The molecule has 0 saturated heterocycles. The van der Waals surface area contributed by atoms with Crippen LogP contribution in [-0.2, 0) is 0 Å². The first-order valence-corrected chi connectivity index (χ1v) is 6.16. The molecule has 100 valence electrons. The van der Waals surface area contributed by atoms with E-state index in [1.807, 2.05) is 13.8 Å². The number of aliphatic hydroxyl groups excluding tert-OH is 1. The summed E-state index contributed by atoms with van der Waals surface area (Å²) in [6.07, 6.45) is 1.05. The molecule has 5 heteroatoms. The second kappa shape index (κ2) is 5.02. The fraction of sp³-hybridized carbons (Fsp3) is 0.538. The van der Waals surface area contributed by atoms with Crippen molar-refractivity contribution in [2.75, 3.05) is 11.1 Å². The van der Waals surface area contributed by atoms with E-state index in [9.17, 15) is 9.50 Å². The molecule has 0 unspecified atom stereocenters. The third-order valence-corrected chi connectivity index (χ3v) is 2.94. The minimum absolute atomic E-state index is 0.0958. The number of rotatable bonds is 4. The molecule has 4 nitrogen and oxygen atoms in total. The van der Waals surface area contributed by atoms with Crippen molar-refractivity contribution in [2.24, 2.45) is 0 Å². The smallest absolute Gasteiger partial charge is 0.167 e. The highest BCUT2D eigenvalue weighted by Gasteiger charge is 2.27. The Hall–Kier alpha value is -1.49. The van der Waals surface area contributed by atoms with Crippen LogP contribution in [0.15, 0.2) is 12.1 Å². The van der Waals surface area contributed by atoms with Crippen molar-refractivity contribution >= 4 is 11.4 Å². The van der Waals surface area contributed by atoms with E-state index in [1.54, 1.807) is 6.07 Å². The molecule has 0 aliphatic heterocycles. The Bertz CT molecular complexity index is 431. The molecule has 2 rings (SSSR count). The molecule has 0 aromatic heterocycles. The van der Waals surface area contributed by atoms with Crippen molar-refractivity contribution in [3.8, 4) is 5.75 Å². The molecule has 1 aliphatic rings. The molecule has 0 bridgehead atoms. The fourth-order valence-corrected chi connectivity index (χ4v) is 1.96.